The van der Waals surface area contributed by atoms with E-state index in [1.54, 1.807) is 18.4 Å². The standard InChI is InChI=1S/C16H21ClN2OS/c1-10-11(2)21-14-12(10)13(17)18-15(19-14)16(20-3)8-6-4-5-7-9-16/h4-9H2,1-3H3. The Labute approximate surface area is 134 Å². The third-order valence-electron chi connectivity index (χ3n) is 4.69. The molecule has 2 heterocycles. The van der Waals surface area contributed by atoms with Crippen LogP contribution in [0.25, 0.3) is 10.2 Å². The van der Waals surface area contributed by atoms with Crippen molar-refractivity contribution in [2.75, 3.05) is 7.11 Å². The normalized spacial score (nSPS) is 18.9. The van der Waals surface area contributed by atoms with Crippen molar-refractivity contribution >= 4 is 33.2 Å². The van der Waals surface area contributed by atoms with Crippen molar-refractivity contribution in [3.05, 3.63) is 21.4 Å². The summed E-state index contributed by atoms with van der Waals surface area (Å²) < 4.78 is 5.91. The van der Waals surface area contributed by atoms with Gasteiger partial charge in [-0.05, 0) is 32.3 Å². The molecule has 1 fully saturated rings. The number of thiophene rings is 1. The Morgan fingerprint density at radius 2 is 1.76 bits per heavy atom. The van der Waals surface area contributed by atoms with Crippen LogP contribution in [0.4, 0.5) is 0 Å². The molecule has 0 aliphatic heterocycles. The Morgan fingerprint density at radius 1 is 1.10 bits per heavy atom. The van der Waals surface area contributed by atoms with E-state index < -0.39 is 0 Å². The lowest BCUT2D eigenvalue weighted by atomic mass is 9.93. The second-order valence-electron chi connectivity index (χ2n) is 5.91. The average molecular weight is 325 g/mol. The fourth-order valence-corrected chi connectivity index (χ4v) is 4.62. The summed E-state index contributed by atoms with van der Waals surface area (Å²) in [6.45, 7) is 4.19. The van der Waals surface area contributed by atoms with Gasteiger partial charge in [0.15, 0.2) is 5.82 Å². The molecular formula is C16H21ClN2OS. The molecule has 0 saturated heterocycles. The monoisotopic (exact) mass is 324 g/mol. The number of aromatic nitrogens is 2. The van der Waals surface area contributed by atoms with Crippen LogP contribution >= 0.6 is 22.9 Å². The first-order chi connectivity index (χ1) is 10.1. The van der Waals surface area contributed by atoms with Crippen LogP contribution in [-0.2, 0) is 10.3 Å². The smallest absolute Gasteiger partial charge is 0.163 e. The van der Waals surface area contributed by atoms with E-state index in [0.29, 0.717) is 5.15 Å². The molecule has 0 N–H and O–H groups in total. The van der Waals surface area contributed by atoms with Gasteiger partial charge >= 0.3 is 0 Å². The first kappa shape index (κ1) is 15.2. The molecule has 0 amide bonds. The highest BCUT2D eigenvalue weighted by Gasteiger charge is 2.36. The predicted octanol–water partition coefficient (Wildman–Crippen LogP) is 5.16. The van der Waals surface area contributed by atoms with Gasteiger partial charge in [0, 0.05) is 12.0 Å². The quantitative estimate of drug-likeness (QED) is 0.565. The number of ether oxygens (including phenoxy) is 1. The van der Waals surface area contributed by atoms with Crippen LogP contribution in [0, 0.1) is 13.8 Å². The highest BCUT2D eigenvalue weighted by atomic mass is 35.5. The second-order valence-corrected chi connectivity index (χ2v) is 7.48. The maximum Gasteiger partial charge on any atom is 0.163 e. The maximum absolute atomic E-state index is 6.46. The molecule has 1 saturated carbocycles. The van der Waals surface area contributed by atoms with Crippen molar-refractivity contribution in [2.24, 2.45) is 0 Å². The van der Waals surface area contributed by atoms with Gasteiger partial charge in [0.05, 0.1) is 5.39 Å². The third-order valence-corrected chi connectivity index (χ3v) is 6.07. The van der Waals surface area contributed by atoms with Gasteiger partial charge in [-0.3, -0.25) is 0 Å². The molecular weight excluding hydrogens is 304 g/mol. The van der Waals surface area contributed by atoms with Crippen LogP contribution in [0.5, 0.6) is 0 Å². The van der Waals surface area contributed by atoms with Crippen molar-refractivity contribution in [1.82, 2.24) is 9.97 Å². The van der Waals surface area contributed by atoms with E-state index in [4.69, 9.17) is 21.3 Å². The predicted molar refractivity (Wildman–Crippen MR) is 88.3 cm³/mol. The molecule has 0 atom stereocenters. The zero-order chi connectivity index (χ0) is 15.0. The van der Waals surface area contributed by atoms with Gasteiger partial charge in [-0.15, -0.1) is 11.3 Å². The van der Waals surface area contributed by atoms with Crippen LogP contribution in [0.15, 0.2) is 0 Å². The molecule has 1 aliphatic rings. The highest BCUT2D eigenvalue weighted by Crippen LogP contribution is 2.40. The molecule has 0 aromatic carbocycles. The number of rotatable bonds is 2. The van der Waals surface area contributed by atoms with Crippen molar-refractivity contribution in [1.29, 1.82) is 0 Å². The lowest BCUT2D eigenvalue weighted by molar-refractivity contribution is -0.0348. The molecule has 2 aromatic rings. The summed E-state index contributed by atoms with van der Waals surface area (Å²) in [7, 11) is 1.78. The summed E-state index contributed by atoms with van der Waals surface area (Å²) in [6.07, 6.45) is 6.81. The number of nitrogens with zero attached hydrogens (tertiary/aromatic N) is 2. The molecule has 0 bridgehead atoms. The van der Waals surface area contributed by atoms with E-state index in [2.05, 4.69) is 18.8 Å². The molecule has 5 heteroatoms. The summed E-state index contributed by atoms with van der Waals surface area (Å²) in [6, 6.07) is 0. The van der Waals surface area contributed by atoms with Crippen molar-refractivity contribution < 1.29 is 4.74 Å². The summed E-state index contributed by atoms with van der Waals surface area (Å²) in [5.74, 6) is 0.769. The number of hydrogen-bond acceptors (Lipinski definition) is 4. The lowest BCUT2D eigenvalue weighted by Crippen LogP contribution is -2.30. The van der Waals surface area contributed by atoms with Crippen LogP contribution < -0.4 is 0 Å². The molecule has 0 unspecified atom stereocenters. The minimum Gasteiger partial charge on any atom is -0.370 e. The van der Waals surface area contributed by atoms with E-state index >= 15 is 0 Å². The Kier molecular flexibility index (Phi) is 4.21. The van der Waals surface area contributed by atoms with Gasteiger partial charge in [0.25, 0.3) is 0 Å². The SMILES string of the molecule is COC1(c2nc(Cl)c3c(C)c(C)sc3n2)CCCCCC1. The first-order valence-electron chi connectivity index (χ1n) is 7.56. The van der Waals surface area contributed by atoms with Gasteiger partial charge in [0.2, 0.25) is 0 Å². The zero-order valence-corrected chi connectivity index (χ0v) is 14.4. The average Bonchev–Trinajstić information content (AvgIpc) is 2.67. The minimum absolute atomic E-state index is 0.361. The Bertz CT molecular complexity index is 660. The summed E-state index contributed by atoms with van der Waals surface area (Å²) >= 11 is 8.15. The Balaban J connectivity index is 2.14. The minimum atomic E-state index is -0.361. The number of methoxy groups -OCH3 is 1. The lowest BCUT2D eigenvalue weighted by Gasteiger charge is -2.29. The zero-order valence-electron chi connectivity index (χ0n) is 12.8. The fourth-order valence-electron chi connectivity index (χ4n) is 3.22. The molecule has 0 spiro atoms. The molecule has 1 aliphatic carbocycles. The van der Waals surface area contributed by atoms with Gasteiger partial charge < -0.3 is 4.74 Å². The topological polar surface area (TPSA) is 35.0 Å². The Hall–Kier alpha value is -0.710. The number of hydrogen-bond donors (Lipinski definition) is 0. The largest absolute Gasteiger partial charge is 0.370 e. The maximum atomic E-state index is 6.46. The highest BCUT2D eigenvalue weighted by molar-refractivity contribution is 7.18. The van der Waals surface area contributed by atoms with Crippen LogP contribution in [-0.4, -0.2) is 17.1 Å². The molecule has 3 nitrogen and oxygen atoms in total. The van der Waals surface area contributed by atoms with E-state index in [-0.39, 0.29) is 5.60 Å². The summed E-state index contributed by atoms with van der Waals surface area (Å²) in [4.78, 5) is 11.7. The molecule has 3 rings (SSSR count). The van der Waals surface area contributed by atoms with E-state index in [1.165, 1.54) is 23.3 Å². The Morgan fingerprint density at radius 3 is 2.38 bits per heavy atom. The number of halogens is 1. The third kappa shape index (κ3) is 2.58. The molecule has 114 valence electrons. The van der Waals surface area contributed by atoms with Crippen molar-refractivity contribution in [3.8, 4) is 0 Å². The van der Waals surface area contributed by atoms with Gasteiger partial charge in [-0.25, -0.2) is 9.97 Å². The van der Waals surface area contributed by atoms with Crippen LogP contribution in [0.1, 0.15) is 54.8 Å². The van der Waals surface area contributed by atoms with Gasteiger partial charge in [-0.1, -0.05) is 37.3 Å². The van der Waals surface area contributed by atoms with Gasteiger partial charge in [-0.2, -0.15) is 0 Å². The molecule has 2 aromatic heterocycles. The summed E-state index contributed by atoms with van der Waals surface area (Å²) in [5.41, 5.74) is 0.832. The van der Waals surface area contributed by atoms with Crippen molar-refractivity contribution in [2.45, 2.75) is 58.0 Å². The molecule has 21 heavy (non-hydrogen) atoms. The summed E-state index contributed by atoms with van der Waals surface area (Å²) in [5, 5.41) is 1.57. The van der Waals surface area contributed by atoms with Crippen LogP contribution in [0.2, 0.25) is 5.15 Å². The van der Waals surface area contributed by atoms with Crippen molar-refractivity contribution in [3.63, 3.8) is 0 Å². The van der Waals surface area contributed by atoms with Crippen LogP contribution in [0.3, 0.4) is 0 Å². The first-order valence-corrected chi connectivity index (χ1v) is 8.76. The van der Waals surface area contributed by atoms with E-state index in [1.807, 2.05) is 0 Å². The number of aryl methyl sites for hydroxylation is 2. The van der Waals surface area contributed by atoms with Gasteiger partial charge in [0.1, 0.15) is 15.6 Å². The number of fused-ring (bicyclic) bond motifs is 1. The second kappa shape index (κ2) is 5.82. The van der Waals surface area contributed by atoms with E-state index in [0.717, 1.165) is 41.7 Å². The molecule has 0 radical (unpaired) electrons. The fraction of sp³-hybridized carbons (Fsp3) is 0.625. The van der Waals surface area contributed by atoms with E-state index in [9.17, 15) is 0 Å².